The van der Waals surface area contributed by atoms with E-state index in [2.05, 4.69) is 15.9 Å². The van der Waals surface area contributed by atoms with Crippen LogP contribution in [-0.4, -0.2) is 65.3 Å². The molecule has 0 unspecified atom stereocenters. The van der Waals surface area contributed by atoms with Gasteiger partial charge < -0.3 is 10.2 Å². The highest BCUT2D eigenvalue weighted by molar-refractivity contribution is 5.85. The third-order valence-corrected chi connectivity index (χ3v) is 3.66. The number of hydrogen-bond acceptors (Lipinski definition) is 4. The van der Waals surface area contributed by atoms with Gasteiger partial charge in [-0.05, 0) is 17.2 Å². The van der Waals surface area contributed by atoms with Crippen LogP contribution in [0.3, 0.4) is 0 Å². The summed E-state index contributed by atoms with van der Waals surface area (Å²) in [5.41, 5.74) is 2.10. The van der Waals surface area contributed by atoms with Crippen molar-refractivity contribution in [2.45, 2.75) is 6.54 Å². The first-order chi connectivity index (χ1) is 10.2. The van der Waals surface area contributed by atoms with E-state index in [4.69, 9.17) is 10.2 Å². The molecule has 0 aromatic heterocycles. The van der Waals surface area contributed by atoms with Crippen molar-refractivity contribution in [1.29, 1.82) is 0 Å². The SMILES string of the molecule is O=C(O)C=Cc1cccc(CN2CCN(CCO)CC2)c1. The van der Waals surface area contributed by atoms with Crippen LogP contribution in [0.1, 0.15) is 11.1 Å². The van der Waals surface area contributed by atoms with Crippen molar-refractivity contribution in [3.05, 3.63) is 41.5 Å². The molecule has 1 heterocycles. The maximum Gasteiger partial charge on any atom is 0.328 e. The number of carbonyl (C=O) groups is 1. The van der Waals surface area contributed by atoms with Crippen LogP contribution < -0.4 is 0 Å². The second-order valence-electron chi connectivity index (χ2n) is 5.26. The predicted octanol–water partition coefficient (Wildman–Crippen LogP) is 0.894. The van der Waals surface area contributed by atoms with Gasteiger partial charge in [-0.15, -0.1) is 0 Å². The zero-order valence-electron chi connectivity index (χ0n) is 12.1. The van der Waals surface area contributed by atoms with Crippen LogP contribution in [0.15, 0.2) is 30.3 Å². The molecule has 1 fully saturated rings. The Morgan fingerprint density at radius 3 is 2.57 bits per heavy atom. The lowest BCUT2D eigenvalue weighted by Gasteiger charge is -2.34. The number of β-amino-alcohol motifs (C(OH)–C–C–N with tert-alkyl or cyclic N) is 1. The van der Waals surface area contributed by atoms with Crippen molar-refractivity contribution in [3.8, 4) is 0 Å². The van der Waals surface area contributed by atoms with E-state index in [-0.39, 0.29) is 6.61 Å². The van der Waals surface area contributed by atoms with Crippen LogP contribution in [0.5, 0.6) is 0 Å². The van der Waals surface area contributed by atoms with Gasteiger partial charge in [0.15, 0.2) is 0 Å². The quantitative estimate of drug-likeness (QED) is 0.762. The van der Waals surface area contributed by atoms with E-state index in [0.29, 0.717) is 0 Å². The summed E-state index contributed by atoms with van der Waals surface area (Å²) in [6, 6.07) is 7.96. The van der Waals surface area contributed by atoms with Crippen LogP contribution in [0, 0.1) is 0 Å². The Kier molecular flexibility index (Phi) is 5.92. The van der Waals surface area contributed by atoms with E-state index in [0.717, 1.165) is 50.9 Å². The Morgan fingerprint density at radius 2 is 1.90 bits per heavy atom. The number of rotatable bonds is 6. The monoisotopic (exact) mass is 290 g/mol. The third-order valence-electron chi connectivity index (χ3n) is 3.66. The summed E-state index contributed by atoms with van der Waals surface area (Å²) in [7, 11) is 0. The fraction of sp³-hybridized carbons (Fsp3) is 0.438. The highest BCUT2D eigenvalue weighted by Crippen LogP contribution is 2.11. The number of nitrogens with zero attached hydrogens (tertiary/aromatic N) is 2. The van der Waals surface area contributed by atoms with E-state index in [1.54, 1.807) is 6.08 Å². The molecule has 0 amide bonds. The van der Waals surface area contributed by atoms with E-state index < -0.39 is 5.97 Å². The van der Waals surface area contributed by atoms with Crippen LogP contribution in [0.25, 0.3) is 6.08 Å². The first-order valence-electron chi connectivity index (χ1n) is 7.23. The summed E-state index contributed by atoms with van der Waals surface area (Å²) >= 11 is 0. The lowest BCUT2D eigenvalue weighted by Crippen LogP contribution is -2.46. The molecule has 0 saturated carbocycles. The molecule has 0 aliphatic carbocycles. The lowest BCUT2D eigenvalue weighted by atomic mass is 10.1. The number of benzene rings is 1. The number of carboxylic acid groups (broad SMARTS) is 1. The van der Waals surface area contributed by atoms with Gasteiger partial charge in [-0.25, -0.2) is 4.79 Å². The van der Waals surface area contributed by atoms with Crippen LogP contribution >= 0.6 is 0 Å². The van der Waals surface area contributed by atoms with Crippen LogP contribution in [0.4, 0.5) is 0 Å². The predicted molar refractivity (Wildman–Crippen MR) is 81.9 cm³/mol. The zero-order chi connectivity index (χ0) is 15.1. The molecule has 5 heteroatoms. The average Bonchev–Trinajstić information content (AvgIpc) is 2.48. The first kappa shape index (κ1) is 15.7. The number of piperazine rings is 1. The molecule has 0 bridgehead atoms. The minimum atomic E-state index is -0.930. The Bertz CT molecular complexity index is 494. The lowest BCUT2D eigenvalue weighted by molar-refractivity contribution is -0.131. The summed E-state index contributed by atoms with van der Waals surface area (Å²) in [4.78, 5) is 15.2. The van der Waals surface area contributed by atoms with Gasteiger partial charge in [-0.2, -0.15) is 0 Å². The summed E-state index contributed by atoms with van der Waals surface area (Å²) in [6.45, 7) is 5.81. The molecule has 21 heavy (non-hydrogen) atoms. The smallest absolute Gasteiger partial charge is 0.328 e. The Morgan fingerprint density at radius 1 is 1.19 bits per heavy atom. The van der Waals surface area contributed by atoms with E-state index >= 15 is 0 Å². The van der Waals surface area contributed by atoms with Crippen molar-refractivity contribution in [2.75, 3.05) is 39.3 Å². The molecule has 1 aliphatic rings. The molecular formula is C16H22N2O3. The van der Waals surface area contributed by atoms with Crippen molar-refractivity contribution in [1.82, 2.24) is 9.80 Å². The maximum absolute atomic E-state index is 10.5. The highest BCUT2D eigenvalue weighted by atomic mass is 16.4. The standard InChI is InChI=1S/C16H22N2O3/c19-11-10-17-6-8-18(9-7-17)13-15-3-1-2-14(12-15)4-5-16(20)21/h1-5,12,19H,6-11,13H2,(H,20,21). The van der Waals surface area contributed by atoms with Gasteiger partial charge in [0, 0.05) is 45.3 Å². The molecule has 1 aromatic carbocycles. The zero-order valence-corrected chi connectivity index (χ0v) is 12.1. The van der Waals surface area contributed by atoms with Gasteiger partial charge in [-0.1, -0.05) is 24.3 Å². The summed E-state index contributed by atoms with van der Waals surface area (Å²) in [6.07, 6.45) is 2.78. The molecule has 2 rings (SSSR count). The number of aliphatic hydroxyl groups excluding tert-OH is 1. The average molecular weight is 290 g/mol. The highest BCUT2D eigenvalue weighted by Gasteiger charge is 2.16. The van der Waals surface area contributed by atoms with Gasteiger partial charge >= 0.3 is 5.97 Å². The van der Waals surface area contributed by atoms with Crippen LogP contribution in [0.2, 0.25) is 0 Å². The second kappa shape index (κ2) is 7.93. The molecule has 0 radical (unpaired) electrons. The Hall–Kier alpha value is -1.69. The van der Waals surface area contributed by atoms with Crippen molar-refractivity contribution < 1.29 is 15.0 Å². The molecule has 1 aliphatic heterocycles. The van der Waals surface area contributed by atoms with Crippen LogP contribution in [-0.2, 0) is 11.3 Å². The topological polar surface area (TPSA) is 64.0 Å². The number of carboxylic acids is 1. The van der Waals surface area contributed by atoms with Gasteiger partial charge in [0.2, 0.25) is 0 Å². The normalized spacial score (nSPS) is 17.4. The fourth-order valence-corrected chi connectivity index (χ4v) is 2.53. The largest absolute Gasteiger partial charge is 0.478 e. The van der Waals surface area contributed by atoms with E-state index in [1.807, 2.05) is 18.2 Å². The number of aliphatic hydroxyl groups is 1. The number of hydrogen-bond donors (Lipinski definition) is 2. The van der Waals surface area contributed by atoms with Gasteiger partial charge in [0.05, 0.1) is 6.61 Å². The second-order valence-corrected chi connectivity index (χ2v) is 5.26. The summed E-state index contributed by atoms with van der Waals surface area (Å²) in [5.74, 6) is -0.930. The minimum Gasteiger partial charge on any atom is -0.478 e. The van der Waals surface area contributed by atoms with Gasteiger partial charge in [0.25, 0.3) is 0 Å². The Labute approximate surface area is 125 Å². The van der Waals surface area contributed by atoms with Crippen molar-refractivity contribution >= 4 is 12.0 Å². The van der Waals surface area contributed by atoms with Gasteiger partial charge in [-0.3, -0.25) is 9.80 Å². The molecular weight excluding hydrogens is 268 g/mol. The van der Waals surface area contributed by atoms with Crippen molar-refractivity contribution in [2.24, 2.45) is 0 Å². The molecule has 1 aromatic rings. The van der Waals surface area contributed by atoms with Crippen molar-refractivity contribution in [3.63, 3.8) is 0 Å². The van der Waals surface area contributed by atoms with E-state index in [9.17, 15) is 4.79 Å². The maximum atomic E-state index is 10.5. The molecule has 2 N–H and O–H groups in total. The minimum absolute atomic E-state index is 0.220. The Balaban J connectivity index is 1.89. The molecule has 1 saturated heterocycles. The molecule has 114 valence electrons. The first-order valence-corrected chi connectivity index (χ1v) is 7.23. The third kappa shape index (κ3) is 5.30. The fourth-order valence-electron chi connectivity index (χ4n) is 2.53. The van der Waals surface area contributed by atoms with Gasteiger partial charge in [0.1, 0.15) is 0 Å². The summed E-state index contributed by atoms with van der Waals surface area (Å²) < 4.78 is 0. The molecule has 0 atom stereocenters. The molecule has 0 spiro atoms. The number of aliphatic carboxylic acids is 1. The molecule has 5 nitrogen and oxygen atoms in total. The van der Waals surface area contributed by atoms with E-state index in [1.165, 1.54) is 5.56 Å². The summed E-state index contributed by atoms with van der Waals surface area (Å²) in [5, 5.41) is 17.6.